The minimum atomic E-state index is -1.58. The van der Waals surface area contributed by atoms with E-state index >= 15 is 4.39 Å². The van der Waals surface area contributed by atoms with E-state index in [1.54, 1.807) is 42.5 Å². The van der Waals surface area contributed by atoms with E-state index in [2.05, 4.69) is 10.6 Å². The summed E-state index contributed by atoms with van der Waals surface area (Å²) in [7, 11) is 1.48. The van der Waals surface area contributed by atoms with Crippen molar-refractivity contribution in [3.63, 3.8) is 0 Å². The van der Waals surface area contributed by atoms with Crippen LogP contribution >= 0.6 is 23.2 Å². The Morgan fingerprint density at radius 3 is 2.57 bits per heavy atom. The summed E-state index contributed by atoms with van der Waals surface area (Å²) in [5.74, 6) is -4.09. The fourth-order valence-electron chi connectivity index (χ4n) is 5.42. The zero-order chi connectivity index (χ0) is 26.3. The standard InChI is InChI=1S/C27H22Cl2F2N2O4/c1-36-9-10-37-21-8-7-19(30)24(31)23(21)25-27(17-6-5-16(29)12-20(17)32-26(27)35)18(13-22(34)33-25)14-3-2-4-15(28)11-14/h2-8,11-12,18,25H,9-10,13H2,1H3,(H,32,35)(H,33,34)/t18-,25-,27-/m0/s1. The van der Waals surface area contributed by atoms with Crippen LogP contribution in [0.15, 0.2) is 54.6 Å². The molecule has 2 heterocycles. The van der Waals surface area contributed by atoms with Crippen molar-refractivity contribution in [2.45, 2.75) is 23.8 Å². The zero-order valence-corrected chi connectivity index (χ0v) is 21.1. The molecule has 192 valence electrons. The van der Waals surface area contributed by atoms with E-state index in [4.69, 9.17) is 32.7 Å². The predicted molar refractivity (Wildman–Crippen MR) is 135 cm³/mol. The van der Waals surface area contributed by atoms with Gasteiger partial charge in [0, 0.05) is 35.2 Å². The Balaban J connectivity index is 1.80. The lowest BCUT2D eigenvalue weighted by Crippen LogP contribution is -2.57. The van der Waals surface area contributed by atoms with Gasteiger partial charge in [-0.2, -0.15) is 0 Å². The number of anilines is 1. The summed E-state index contributed by atoms with van der Waals surface area (Å²) >= 11 is 12.5. The highest BCUT2D eigenvalue weighted by molar-refractivity contribution is 6.31. The maximum absolute atomic E-state index is 15.7. The number of hydrogen-bond acceptors (Lipinski definition) is 4. The van der Waals surface area contributed by atoms with Crippen LogP contribution in [0.3, 0.4) is 0 Å². The van der Waals surface area contributed by atoms with E-state index in [1.165, 1.54) is 13.2 Å². The van der Waals surface area contributed by atoms with Gasteiger partial charge in [-0.1, -0.05) is 41.4 Å². The quantitative estimate of drug-likeness (QED) is 0.398. The zero-order valence-electron chi connectivity index (χ0n) is 19.6. The molecule has 3 atom stereocenters. The number of benzene rings is 3. The molecule has 2 aliphatic heterocycles. The molecule has 0 unspecified atom stereocenters. The molecule has 0 radical (unpaired) electrons. The van der Waals surface area contributed by atoms with Crippen molar-refractivity contribution < 1.29 is 27.8 Å². The summed E-state index contributed by atoms with van der Waals surface area (Å²) in [6, 6.07) is 12.6. The van der Waals surface area contributed by atoms with Crippen LogP contribution in [0.2, 0.25) is 10.0 Å². The number of halogens is 4. The molecule has 6 nitrogen and oxygen atoms in total. The number of amides is 2. The first-order chi connectivity index (χ1) is 17.8. The Bertz CT molecular complexity index is 1400. The van der Waals surface area contributed by atoms with Gasteiger partial charge >= 0.3 is 0 Å². The lowest BCUT2D eigenvalue weighted by atomic mass is 9.59. The highest BCUT2D eigenvalue weighted by Crippen LogP contribution is 2.59. The largest absolute Gasteiger partial charge is 0.491 e. The van der Waals surface area contributed by atoms with Gasteiger partial charge in [0.1, 0.15) is 17.8 Å². The number of ether oxygens (including phenoxy) is 2. The maximum Gasteiger partial charge on any atom is 0.238 e. The van der Waals surface area contributed by atoms with Gasteiger partial charge in [-0.05, 0) is 47.5 Å². The molecule has 10 heteroatoms. The molecule has 1 fully saturated rings. The van der Waals surface area contributed by atoms with Crippen LogP contribution in [0.25, 0.3) is 0 Å². The molecule has 5 rings (SSSR count). The summed E-state index contributed by atoms with van der Waals surface area (Å²) in [5.41, 5.74) is -0.335. The number of carbonyl (C=O) groups is 2. The van der Waals surface area contributed by atoms with Gasteiger partial charge < -0.3 is 20.1 Å². The molecular formula is C27H22Cl2F2N2O4. The number of carbonyl (C=O) groups excluding carboxylic acids is 2. The van der Waals surface area contributed by atoms with E-state index < -0.39 is 40.8 Å². The molecule has 37 heavy (non-hydrogen) atoms. The Kier molecular flexibility index (Phi) is 6.83. The first kappa shape index (κ1) is 25.4. The molecule has 0 bridgehead atoms. The minimum absolute atomic E-state index is 0.0115. The van der Waals surface area contributed by atoms with Crippen molar-refractivity contribution in [3.8, 4) is 5.75 Å². The molecule has 3 aromatic carbocycles. The molecule has 1 spiro atoms. The molecule has 0 aliphatic carbocycles. The van der Waals surface area contributed by atoms with Gasteiger partial charge in [0.25, 0.3) is 0 Å². The van der Waals surface area contributed by atoms with Gasteiger partial charge in [-0.15, -0.1) is 0 Å². The summed E-state index contributed by atoms with van der Waals surface area (Å²) in [4.78, 5) is 27.2. The van der Waals surface area contributed by atoms with Crippen LogP contribution in [-0.2, 0) is 19.7 Å². The van der Waals surface area contributed by atoms with E-state index in [0.717, 1.165) is 6.07 Å². The van der Waals surface area contributed by atoms with Crippen molar-refractivity contribution in [2.75, 3.05) is 25.6 Å². The molecular weight excluding hydrogens is 525 g/mol. The fourth-order valence-corrected chi connectivity index (χ4v) is 5.80. The summed E-state index contributed by atoms with van der Waals surface area (Å²) in [6.07, 6.45) is -0.0941. The van der Waals surface area contributed by atoms with E-state index in [1.807, 2.05) is 0 Å². The summed E-state index contributed by atoms with van der Waals surface area (Å²) < 4.78 is 41.1. The molecule has 2 amide bonds. The molecule has 0 aromatic heterocycles. The van der Waals surface area contributed by atoms with Crippen LogP contribution in [-0.4, -0.2) is 32.1 Å². The fraction of sp³-hybridized carbons (Fsp3) is 0.259. The average molecular weight is 547 g/mol. The highest BCUT2D eigenvalue weighted by Gasteiger charge is 2.62. The minimum Gasteiger partial charge on any atom is -0.491 e. The molecule has 1 saturated heterocycles. The molecule has 2 N–H and O–H groups in total. The lowest BCUT2D eigenvalue weighted by Gasteiger charge is -2.46. The third-order valence-electron chi connectivity index (χ3n) is 6.93. The second-order valence-electron chi connectivity index (χ2n) is 8.94. The van der Waals surface area contributed by atoms with Gasteiger partial charge in [0.15, 0.2) is 11.6 Å². The van der Waals surface area contributed by atoms with Crippen LogP contribution in [0.5, 0.6) is 5.75 Å². The van der Waals surface area contributed by atoms with Crippen molar-refractivity contribution in [3.05, 3.63) is 93.0 Å². The summed E-state index contributed by atoms with van der Waals surface area (Å²) in [6.45, 7) is 0.228. The van der Waals surface area contributed by atoms with E-state index in [-0.39, 0.29) is 30.9 Å². The van der Waals surface area contributed by atoms with Crippen molar-refractivity contribution in [1.82, 2.24) is 5.32 Å². The van der Waals surface area contributed by atoms with Gasteiger partial charge in [0.2, 0.25) is 11.8 Å². The first-order valence-corrected chi connectivity index (χ1v) is 12.3. The van der Waals surface area contributed by atoms with Crippen LogP contribution in [0.1, 0.15) is 35.1 Å². The lowest BCUT2D eigenvalue weighted by molar-refractivity contribution is -0.131. The number of nitrogens with one attached hydrogen (secondary N) is 2. The number of methoxy groups -OCH3 is 1. The second-order valence-corrected chi connectivity index (χ2v) is 9.81. The van der Waals surface area contributed by atoms with Crippen molar-refractivity contribution >= 4 is 40.7 Å². The van der Waals surface area contributed by atoms with Crippen molar-refractivity contribution in [1.29, 1.82) is 0 Å². The molecule has 3 aromatic rings. The van der Waals surface area contributed by atoms with Gasteiger partial charge in [0.05, 0.1) is 18.2 Å². The number of fused-ring (bicyclic) bond motifs is 2. The van der Waals surface area contributed by atoms with Crippen molar-refractivity contribution in [2.24, 2.45) is 0 Å². The highest BCUT2D eigenvalue weighted by atomic mass is 35.5. The normalized spacial score (nSPS) is 22.5. The van der Waals surface area contributed by atoms with Crippen LogP contribution < -0.4 is 15.4 Å². The second kappa shape index (κ2) is 9.93. The van der Waals surface area contributed by atoms with Crippen LogP contribution in [0, 0.1) is 11.6 Å². The molecule has 0 saturated carbocycles. The number of piperidine rings is 1. The first-order valence-electron chi connectivity index (χ1n) is 11.5. The Labute approximate surface area is 221 Å². The Hall–Kier alpha value is -3.20. The van der Waals surface area contributed by atoms with E-state index in [0.29, 0.717) is 26.9 Å². The maximum atomic E-state index is 15.7. The van der Waals surface area contributed by atoms with Gasteiger partial charge in [-0.3, -0.25) is 9.59 Å². The Morgan fingerprint density at radius 2 is 1.81 bits per heavy atom. The Morgan fingerprint density at radius 1 is 1.03 bits per heavy atom. The monoisotopic (exact) mass is 546 g/mol. The summed E-state index contributed by atoms with van der Waals surface area (Å²) in [5, 5.41) is 6.42. The van der Waals surface area contributed by atoms with E-state index in [9.17, 15) is 14.0 Å². The third kappa shape index (κ3) is 4.23. The topological polar surface area (TPSA) is 76.7 Å². The van der Waals surface area contributed by atoms with Crippen LogP contribution in [0.4, 0.5) is 14.5 Å². The van der Waals surface area contributed by atoms with Gasteiger partial charge in [-0.25, -0.2) is 8.78 Å². The predicted octanol–water partition coefficient (Wildman–Crippen LogP) is 5.53. The third-order valence-corrected chi connectivity index (χ3v) is 7.40. The smallest absolute Gasteiger partial charge is 0.238 e. The number of hydrogen-bond donors (Lipinski definition) is 2. The number of rotatable bonds is 6. The average Bonchev–Trinajstić information content (AvgIpc) is 3.14. The SMILES string of the molecule is COCCOc1ccc(F)c(F)c1[C@@H]1NC(=O)C[C@@H](c2cccc(Cl)c2)[C@]12C(=O)Nc1cc(Cl)ccc12. The molecule has 2 aliphatic rings.